The lowest BCUT2D eigenvalue weighted by Gasteiger charge is -2.14. The van der Waals surface area contributed by atoms with Crippen LogP contribution in [0, 0.1) is 0 Å². The van der Waals surface area contributed by atoms with E-state index < -0.39 is 10.0 Å². The molecule has 19 heavy (non-hydrogen) atoms. The Bertz CT molecular complexity index is 519. The van der Waals surface area contributed by atoms with E-state index in [1.54, 1.807) is 6.07 Å². The molecular weight excluding hydrogens is 270 g/mol. The molecule has 0 saturated carbocycles. The van der Waals surface area contributed by atoms with Crippen molar-refractivity contribution in [3.63, 3.8) is 0 Å². The minimum Gasteiger partial charge on any atom is -0.495 e. The second-order valence-corrected chi connectivity index (χ2v) is 5.55. The number of primary sulfonamides is 1. The number of nitrogens with one attached hydrogen (secondary N) is 1. The van der Waals surface area contributed by atoms with E-state index >= 15 is 0 Å². The summed E-state index contributed by atoms with van der Waals surface area (Å²) in [6.45, 7) is 0.359. The Morgan fingerprint density at radius 2 is 2.16 bits per heavy atom. The van der Waals surface area contributed by atoms with E-state index in [1.165, 1.54) is 19.2 Å². The Kier molecular flexibility index (Phi) is 5.70. The predicted octanol–water partition coefficient (Wildman–Crippen LogP) is -1.25. The summed E-state index contributed by atoms with van der Waals surface area (Å²) in [6.07, 6.45) is 0.0286. The van der Waals surface area contributed by atoms with Gasteiger partial charge in [-0.05, 0) is 17.7 Å². The number of hydrogen-bond donors (Lipinski definition) is 4. The summed E-state index contributed by atoms with van der Waals surface area (Å²) in [5.41, 5.74) is 6.50. The number of rotatable bonds is 7. The lowest BCUT2D eigenvalue weighted by molar-refractivity contribution is 0.284. The summed E-state index contributed by atoms with van der Waals surface area (Å²) >= 11 is 0. The molecule has 0 aromatic heterocycles. The normalized spacial score (nSPS) is 13.3. The van der Waals surface area contributed by atoms with Crippen LogP contribution in [-0.4, -0.2) is 40.0 Å². The number of aliphatic hydroxyl groups excluding tert-OH is 1. The Hall–Kier alpha value is -1.19. The van der Waals surface area contributed by atoms with E-state index in [1.807, 2.05) is 0 Å². The average molecular weight is 289 g/mol. The summed E-state index contributed by atoms with van der Waals surface area (Å²) in [7, 11) is -2.47. The Morgan fingerprint density at radius 1 is 1.47 bits per heavy atom. The molecule has 7 nitrogen and oxygen atoms in total. The highest BCUT2D eigenvalue weighted by Gasteiger charge is 2.16. The van der Waals surface area contributed by atoms with Gasteiger partial charge in [0.1, 0.15) is 10.6 Å². The summed E-state index contributed by atoms with van der Waals surface area (Å²) in [5.74, 6) is 0.197. The quantitative estimate of drug-likeness (QED) is 0.464. The van der Waals surface area contributed by atoms with Gasteiger partial charge in [-0.2, -0.15) is 0 Å². The molecule has 0 spiro atoms. The van der Waals surface area contributed by atoms with Crippen LogP contribution >= 0.6 is 0 Å². The minimum absolute atomic E-state index is 0.0151. The molecule has 0 fully saturated rings. The van der Waals surface area contributed by atoms with Crippen LogP contribution in [0.15, 0.2) is 23.1 Å². The highest BCUT2D eigenvalue weighted by Crippen LogP contribution is 2.23. The molecule has 1 aromatic carbocycles. The number of ether oxygens (including phenoxy) is 1. The Labute approximate surface area is 112 Å². The van der Waals surface area contributed by atoms with Crippen molar-refractivity contribution in [2.24, 2.45) is 10.9 Å². The van der Waals surface area contributed by atoms with Gasteiger partial charge in [0, 0.05) is 13.0 Å². The molecule has 8 heteroatoms. The monoisotopic (exact) mass is 289 g/mol. The topological polar surface area (TPSA) is 128 Å². The molecule has 0 unspecified atom stereocenters. The summed E-state index contributed by atoms with van der Waals surface area (Å²) in [4.78, 5) is -0.0677. The standard InChI is InChI=1S/C11H19N3O4S/c1-18-9-3-2-8(6-10(9)19(13,16)17)7-11(12)14-4-5-15/h2-3,6,11,14-15H,4-5,7,12H2,1H3,(H2,13,16,17)/t11-/m0/s1. The van der Waals surface area contributed by atoms with Crippen molar-refractivity contribution in [2.75, 3.05) is 20.3 Å². The maximum atomic E-state index is 11.4. The van der Waals surface area contributed by atoms with Crippen LogP contribution in [-0.2, 0) is 16.4 Å². The van der Waals surface area contributed by atoms with E-state index in [4.69, 9.17) is 20.7 Å². The first-order valence-corrected chi connectivity index (χ1v) is 7.22. The molecule has 1 rings (SSSR count). The Balaban J connectivity index is 2.93. The van der Waals surface area contributed by atoms with Gasteiger partial charge in [-0.1, -0.05) is 6.07 Å². The van der Waals surface area contributed by atoms with E-state index in [0.29, 0.717) is 18.5 Å². The van der Waals surface area contributed by atoms with Crippen LogP contribution in [0.3, 0.4) is 0 Å². The van der Waals surface area contributed by atoms with Crippen molar-refractivity contribution in [1.29, 1.82) is 0 Å². The van der Waals surface area contributed by atoms with Gasteiger partial charge < -0.3 is 15.6 Å². The third kappa shape index (κ3) is 4.77. The maximum absolute atomic E-state index is 11.4. The van der Waals surface area contributed by atoms with Crippen LogP contribution in [0.5, 0.6) is 5.75 Å². The van der Waals surface area contributed by atoms with E-state index in [2.05, 4.69) is 5.32 Å². The molecule has 1 atom stereocenters. The molecule has 0 saturated heterocycles. The molecule has 6 N–H and O–H groups in total. The fourth-order valence-corrected chi connectivity index (χ4v) is 2.39. The SMILES string of the molecule is COc1ccc(C[C@@H](N)NCCO)cc1S(N)(=O)=O. The molecule has 0 amide bonds. The van der Waals surface area contributed by atoms with Crippen LogP contribution in [0.4, 0.5) is 0 Å². The van der Waals surface area contributed by atoms with E-state index in [0.717, 1.165) is 0 Å². The molecule has 0 aliphatic rings. The predicted molar refractivity (Wildman–Crippen MR) is 71.1 cm³/mol. The van der Waals surface area contributed by atoms with Gasteiger partial charge in [-0.25, -0.2) is 13.6 Å². The number of methoxy groups -OCH3 is 1. The number of aliphatic hydroxyl groups is 1. The first kappa shape index (κ1) is 15.9. The first-order chi connectivity index (χ1) is 8.88. The first-order valence-electron chi connectivity index (χ1n) is 5.68. The van der Waals surface area contributed by atoms with Gasteiger partial charge in [0.15, 0.2) is 0 Å². The third-order valence-electron chi connectivity index (χ3n) is 2.51. The zero-order valence-corrected chi connectivity index (χ0v) is 11.5. The van der Waals surface area contributed by atoms with Gasteiger partial charge >= 0.3 is 0 Å². The van der Waals surface area contributed by atoms with Crippen LogP contribution in [0.25, 0.3) is 0 Å². The van der Waals surface area contributed by atoms with Gasteiger partial charge in [0.25, 0.3) is 0 Å². The number of hydrogen-bond acceptors (Lipinski definition) is 6. The average Bonchev–Trinajstić information content (AvgIpc) is 2.35. The highest BCUT2D eigenvalue weighted by atomic mass is 32.2. The fourth-order valence-electron chi connectivity index (χ4n) is 1.65. The van der Waals surface area contributed by atoms with Gasteiger partial charge in [0.2, 0.25) is 10.0 Å². The lowest BCUT2D eigenvalue weighted by Crippen LogP contribution is -2.40. The smallest absolute Gasteiger partial charge is 0.241 e. The summed E-state index contributed by atoms with van der Waals surface area (Å²) in [5, 5.41) is 16.7. The molecule has 0 bridgehead atoms. The molecule has 0 heterocycles. The molecule has 108 valence electrons. The van der Waals surface area contributed by atoms with E-state index in [-0.39, 0.29) is 23.4 Å². The van der Waals surface area contributed by atoms with Crippen LogP contribution in [0.1, 0.15) is 5.56 Å². The van der Waals surface area contributed by atoms with Crippen molar-refractivity contribution >= 4 is 10.0 Å². The van der Waals surface area contributed by atoms with E-state index in [9.17, 15) is 8.42 Å². The number of benzene rings is 1. The van der Waals surface area contributed by atoms with Crippen molar-refractivity contribution in [2.45, 2.75) is 17.5 Å². The minimum atomic E-state index is -3.85. The van der Waals surface area contributed by atoms with Crippen molar-refractivity contribution in [3.05, 3.63) is 23.8 Å². The summed E-state index contributed by atoms with van der Waals surface area (Å²) < 4.78 is 27.8. The van der Waals surface area contributed by atoms with Gasteiger partial charge in [0.05, 0.1) is 19.9 Å². The van der Waals surface area contributed by atoms with Crippen LogP contribution < -0.4 is 20.9 Å². The molecule has 1 aromatic rings. The zero-order valence-electron chi connectivity index (χ0n) is 10.7. The third-order valence-corrected chi connectivity index (χ3v) is 3.44. The van der Waals surface area contributed by atoms with Gasteiger partial charge in [-0.3, -0.25) is 5.32 Å². The van der Waals surface area contributed by atoms with Crippen molar-refractivity contribution in [1.82, 2.24) is 5.32 Å². The van der Waals surface area contributed by atoms with Crippen molar-refractivity contribution in [3.8, 4) is 5.75 Å². The van der Waals surface area contributed by atoms with Crippen LogP contribution in [0.2, 0.25) is 0 Å². The lowest BCUT2D eigenvalue weighted by atomic mass is 10.1. The molecule has 0 radical (unpaired) electrons. The zero-order chi connectivity index (χ0) is 14.5. The second-order valence-electron chi connectivity index (χ2n) is 4.02. The number of sulfonamides is 1. The van der Waals surface area contributed by atoms with Crippen molar-refractivity contribution < 1.29 is 18.3 Å². The summed E-state index contributed by atoms with van der Waals surface area (Å²) in [6, 6.07) is 4.69. The second kappa shape index (κ2) is 6.83. The van der Waals surface area contributed by atoms with Gasteiger partial charge in [-0.15, -0.1) is 0 Å². The maximum Gasteiger partial charge on any atom is 0.241 e. The number of nitrogens with two attached hydrogens (primary N) is 2. The molecule has 0 aliphatic carbocycles. The fraction of sp³-hybridized carbons (Fsp3) is 0.455. The highest BCUT2D eigenvalue weighted by molar-refractivity contribution is 7.89. The molecular formula is C11H19N3O4S. The molecule has 0 aliphatic heterocycles. The largest absolute Gasteiger partial charge is 0.495 e. The Morgan fingerprint density at radius 3 is 2.68 bits per heavy atom.